The van der Waals surface area contributed by atoms with Gasteiger partial charge in [0.1, 0.15) is 11.6 Å². The van der Waals surface area contributed by atoms with E-state index in [1.54, 1.807) is 24.5 Å². The number of aromatic nitrogens is 4. The van der Waals surface area contributed by atoms with Crippen molar-refractivity contribution in [1.29, 1.82) is 0 Å². The van der Waals surface area contributed by atoms with E-state index in [0.717, 1.165) is 11.4 Å². The van der Waals surface area contributed by atoms with E-state index in [-0.39, 0.29) is 5.78 Å². The Bertz CT molecular complexity index is 1030. The van der Waals surface area contributed by atoms with Gasteiger partial charge in [-0.15, -0.1) is 0 Å². The van der Waals surface area contributed by atoms with E-state index in [9.17, 15) is 4.79 Å². The Balaban J connectivity index is 1.49. The fourth-order valence-electron chi connectivity index (χ4n) is 2.86. The van der Waals surface area contributed by atoms with Crippen LogP contribution >= 0.6 is 0 Å². The van der Waals surface area contributed by atoms with Gasteiger partial charge >= 0.3 is 0 Å². The monoisotopic (exact) mass is 366 g/mol. The summed E-state index contributed by atoms with van der Waals surface area (Å²) in [6.45, 7) is 0. The van der Waals surface area contributed by atoms with Gasteiger partial charge in [0, 0.05) is 36.2 Å². The highest BCUT2D eigenvalue weighted by molar-refractivity contribution is 6.04. The molecule has 0 radical (unpaired) electrons. The van der Waals surface area contributed by atoms with E-state index in [0.29, 0.717) is 11.6 Å². The van der Waals surface area contributed by atoms with Crippen LogP contribution < -0.4 is 0 Å². The van der Waals surface area contributed by atoms with Gasteiger partial charge in [0.05, 0.1) is 0 Å². The van der Waals surface area contributed by atoms with Gasteiger partial charge in [0.25, 0.3) is 0 Å². The van der Waals surface area contributed by atoms with E-state index in [1.807, 2.05) is 82.2 Å². The van der Waals surface area contributed by atoms with Crippen LogP contribution in [0.5, 0.6) is 0 Å². The Morgan fingerprint density at radius 1 is 0.679 bits per heavy atom. The fraction of sp³-hybridized carbons (Fsp3) is 0. The van der Waals surface area contributed by atoms with E-state index in [4.69, 9.17) is 0 Å². The molecule has 2 aromatic heterocycles. The van der Waals surface area contributed by atoms with Gasteiger partial charge in [0.15, 0.2) is 5.78 Å². The molecule has 0 fully saturated rings. The predicted molar refractivity (Wildman–Crippen MR) is 110 cm³/mol. The molecule has 4 rings (SSSR count). The number of carbonyl (C=O) groups is 1. The summed E-state index contributed by atoms with van der Waals surface area (Å²) >= 11 is 0. The number of allylic oxidation sites excluding steroid dienone is 2. The SMILES string of the molecule is O=C(/C=C/c1nccn1-c1ccccc1)/C=C/c1nccn1-c1ccccc1. The average Bonchev–Trinajstić information content (AvgIpc) is 3.41. The third-order valence-electron chi connectivity index (χ3n) is 4.20. The molecule has 0 N–H and O–H groups in total. The Morgan fingerprint density at radius 2 is 1.11 bits per heavy atom. The van der Waals surface area contributed by atoms with Crippen LogP contribution in [0.3, 0.4) is 0 Å². The average molecular weight is 366 g/mol. The quantitative estimate of drug-likeness (QED) is 0.477. The van der Waals surface area contributed by atoms with Gasteiger partial charge in [-0.3, -0.25) is 4.79 Å². The largest absolute Gasteiger partial charge is 0.300 e. The van der Waals surface area contributed by atoms with Crippen molar-refractivity contribution in [1.82, 2.24) is 19.1 Å². The van der Waals surface area contributed by atoms with Gasteiger partial charge in [-0.05, 0) is 48.6 Å². The van der Waals surface area contributed by atoms with Crippen molar-refractivity contribution in [2.45, 2.75) is 0 Å². The molecule has 0 bridgehead atoms. The van der Waals surface area contributed by atoms with Gasteiger partial charge in [-0.25, -0.2) is 9.97 Å². The standard InChI is InChI=1S/C23H18N4O/c28-21(11-13-22-24-15-17-26(22)19-7-3-1-4-8-19)12-14-23-25-16-18-27(23)20-9-5-2-6-10-20/h1-18H/b13-11+,14-12+. The summed E-state index contributed by atoms with van der Waals surface area (Å²) in [7, 11) is 0. The van der Waals surface area contributed by atoms with Gasteiger partial charge in [-0.2, -0.15) is 0 Å². The number of para-hydroxylation sites is 2. The highest BCUT2D eigenvalue weighted by Gasteiger charge is 2.03. The van der Waals surface area contributed by atoms with Crippen molar-refractivity contribution in [3.8, 4) is 11.4 Å². The Hall–Kier alpha value is -3.99. The van der Waals surface area contributed by atoms with Crippen molar-refractivity contribution in [2.75, 3.05) is 0 Å². The molecule has 2 aromatic carbocycles. The van der Waals surface area contributed by atoms with Crippen LogP contribution in [0.25, 0.3) is 23.5 Å². The van der Waals surface area contributed by atoms with E-state index in [1.165, 1.54) is 12.2 Å². The maximum atomic E-state index is 12.3. The predicted octanol–water partition coefficient (Wildman–Crippen LogP) is 4.35. The fourth-order valence-corrected chi connectivity index (χ4v) is 2.86. The molecule has 28 heavy (non-hydrogen) atoms. The molecule has 0 amide bonds. The highest BCUT2D eigenvalue weighted by atomic mass is 16.1. The second-order valence-corrected chi connectivity index (χ2v) is 6.05. The lowest BCUT2D eigenvalue weighted by atomic mass is 10.3. The second-order valence-electron chi connectivity index (χ2n) is 6.05. The molecule has 136 valence electrons. The number of ketones is 1. The van der Waals surface area contributed by atoms with Crippen LogP contribution in [-0.4, -0.2) is 24.9 Å². The minimum Gasteiger partial charge on any atom is -0.300 e. The van der Waals surface area contributed by atoms with Crippen LogP contribution in [0.1, 0.15) is 11.6 Å². The molecule has 0 saturated heterocycles. The lowest BCUT2D eigenvalue weighted by molar-refractivity contribution is -0.110. The van der Waals surface area contributed by atoms with Crippen molar-refractivity contribution in [2.24, 2.45) is 0 Å². The van der Waals surface area contributed by atoms with Gasteiger partial charge in [0.2, 0.25) is 0 Å². The molecule has 0 aliphatic rings. The van der Waals surface area contributed by atoms with Crippen molar-refractivity contribution >= 4 is 17.9 Å². The second kappa shape index (κ2) is 8.14. The van der Waals surface area contributed by atoms with Crippen molar-refractivity contribution in [3.05, 3.63) is 109 Å². The van der Waals surface area contributed by atoms with E-state index in [2.05, 4.69) is 9.97 Å². The first-order valence-corrected chi connectivity index (χ1v) is 8.89. The Labute approximate surface area is 162 Å². The molecular weight excluding hydrogens is 348 g/mol. The lowest BCUT2D eigenvalue weighted by Gasteiger charge is -2.04. The number of imidazole rings is 2. The third kappa shape index (κ3) is 3.88. The minimum absolute atomic E-state index is 0.134. The summed E-state index contributed by atoms with van der Waals surface area (Å²) in [6.07, 6.45) is 13.6. The lowest BCUT2D eigenvalue weighted by Crippen LogP contribution is -1.97. The zero-order valence-electron chi connectivity index (χ0n) is 15.1. The highest BCUT2D eigenvalue weighted by Crippen LogP contribution is 2.13. The normalized spacial score (nSPS) is 11.4. The number of benzene rings is 2. The summed E-state index contributed by atoms with van der Waals surface area (Å²) in [5.74, 6) is 1.25. The topological polar surface area (TPSA) is 52.7 Å². The molecule has 5 nitrogen and oxygen atoms in total. The molecule has 0 unspecified atom stereocenters. The molecule has 2 heterocycles. The summed E-state index contributed by atoms with van der Waals surface area (Å²) in [5, 5.41) is 0. The summed E-state index contributed by atoms with van der Waals surface area (Å²) in [5.41, 5.74) is 1.99. The molecule has 0 atom stereocenters. The smallest absolute Gasteiger partial charge is 0.178 e. The van der Waals surface area contributed by atoms with Crippen molar-refractivity contribution < 1.29 is 4.79 Å². The summed E-state index contributed by atoms with van der Waals surface area (Å²) in [6, 6.07) is 19.7. The maximum Gasteiger partial charge on any atom is 0.178 e. The third-order valence-corrected chi connectivity index (χ3v) is 4.20. The number of hydrogen-bond acceptors (Lipinski definition) is 3. The van der Waals surface area contributed by atoms with Gasteiger partial charge < -0.3 is 9.13 Å². The van der Waals surface area contributed by atoms with Gasteiger partial charge in [-0.1, -0.05) is 36.4 Å². The molecule has 0 aliphatic carbocycles. The molecule has 5 heteroatoms. The first-order chi connectivity index (χ1) is 13.8. The van der Waals surface area contributed by atoms with Crippen LogP contribution in [0.4, 0.5) is 0 Å². The summed E-state index contributed by atoms with van der Waals surface area (Å²) < 4.78 is 3.85. The first-order valence-electron chi connectivity index (χ1n) is 8.89. The molecule has 4 aromatic rings. The summed E-state index contributed by atoms with van der Waals surface area (Å²) in [4.78, 5) is 20.9. The zero-order chi connectivity index (χ0) is 19.2. The maximum absolute atomic E-state index is 12.3. The van der Waals surface area contributed by atoms with Crippen LogP contribution in [-0.2, 0) is 4.79 Å². The number of rotatable bonds is 6. The number of carbonyl (C=O) groups excluding carboxylic acids is 1. The Morgan fingerprint density at radius 3 is 1.54 bits per heavy atom. The van der Waals surface area contributed by atoms with Crippen molar-refractivity contribution in [3.63, 3.8) is 0 Å². The van der Waals surface area contributed by atoms with E-state index < -0.39 is 0 Å². The van der Waals surface area contributed by atoms with Crippen LogP contribution in [0, 0.1) is 0 Å². The van der Waals surface area contributed by atoms with Crippen LogP contribution in [0.2, 0.25) is 0 Å². The molecule has 0 spiro atoms. The van der Waals surface area contributed by atoms with Crippen LogP contribution in [0.15, 0.2) is 97.6 Å². The molecule has 0 saturated carbocycles. The molecular formula is C23H18N4O. The zero-order valence-corrected chi connectivity index (χ0v) is 15.1. The van der Waals surface area contributed by atoms with E-state index >= 15 is 0 Å². The Kier molecular flexibility index (Phi) is 5.06. The number of hydrogen-bond donors (Lipinski definition) is 0. The number of nitrogens with zero attached hydrogens (tertiary/aromatic N) is 4. The molecule has 0 aliphatic heterocycles. The minimum atomic E-state index is -0.134. The first kappa shape index (κ1) is 17.4.